The Morgan fingerprint density at radius 3 is 2.80 bits per heavy atom. The molecule has 4 heteroatoms. The van der Waals surface area contributed by atoms with Gasteiger partial charge in [0.15, 0.2) is 0 Å². The van der Waals surface area contributed by atoms with Crippen LogP contribution < -0.4 is 11.1 Å². The summed E-state index contributed by atoms with van der Waals surface area (Å²) < 4.78 is 0. The van der Waals surface area contributed by atoms with Crippen LogP contribution in [0.2, 0.25) is 0 Å². The molecule has 1 unspecified atom stereocenters. The zero-order valence-electron chi connectivity index (χ0n) is 9.16. The van der Waals surface area contributed by atoms with Crippen molar-refractivity contribution in [1.82, 2.24) is 10.3 Å². The molecule has 15 heavy (non-hydrogen) atoms. The molecule has 1 aromatic rings. The van der Waals surface area contributed by atoms with Crippen molar-refractivity contribution >= 4 is 5.91 Å². The normalized spacial score (nSPS) is 12.2. The highest BCUT2D eigenvalue weighted by atomic mass is 16.1. The summed E-state index contributed by atoms with van der Waals surface area (Å²) in [5.74, 6) is -0.132. The predicted octanol–water partition coefficient (Wildman–Crippen LogP) is 1.07. The largest absolute Gasteiger partial charge is 0.348 e. The van der Waals surface area contributed by atoms with Crippen molar-refractivity contribution in [1.29, 1.82) is 0 Å². The number of nitrogens with two attached hydrogens (primary N) is 1. The van der Waals surface area contributed by atoms with Crippen LogP contribution in [0.4, 0.5) is 0 Å². The standard InChI is InChI=1S/C11H17N3O/c1-3-8(2)14-11(15)10-5-4-9(6-12)7-13-10/h4-5,7-8H,3,6,12H2,1-2H3,(H,14,15). The molecule has 3 N–H and O–H groups in total. The van der Waals surface area contributed by atoms with Crippen LogP contribution in [0, 0.1) is 0 Å². The number of hydrogen-bond donors (Lipinski definition) is 2. The third kappa shape index (κ3) is 3.32. The fourth-order valence-corrected chi connectivity index (χ4v) is 1.08. The lowest BCUT2D eigenvalue weighted by atomic mass is 10.2. The zero-order valence-corrected chi connectivity index (χ0v) is 9.16. The SMILES string of the molecule is CCC(C)NC(=O)c1ccc(CN)cn1. The summed E-state index contributed by atoms with van der Waals surface area (Å²) in [6.07, 6.45) is 2.54. The van der Waals surface area contributed by atoms with Crippen molar-refractivity contribution in [3.8, 4) is 0 Å². The Morgan fingerprint density at radius 1 is 1.60 bits per heavy atom. The van der Waals surface area contributed by atoms with Crippen LogP contribution in [0.15, 0.2) is 18.3 Å². The molecule has 0 aliphatic heterocycles. The molecule has 1 amide bonds. The number of nitrogens with zero attached hydrogens (tertiary/aromatic N) is 1. The lowest BCUT2D eigenvalue weighted by Crippen LogP contribution is -2.32. The van der Waals surface area contributed by atoms with Gasteiger partial charge >= 0.3 is 0 Å². The van der Waals surface area contributed by atoms with Crippen molar-refractivity contribution in [3.05, 3.63) is 29.6 Å². The van der Waals surface area contributed by atoms with Gasteiger partial charge in [-0.1, -0.05) is 13.0 Å². The van der Waals surface area contributed by atoms with Crippen molar-refractivity contribution in [2.75, 3.05) is 0 Å². The third-order valence-electron chi connectivity index (χ3n) is 2.28. The molecule has 0 spiro atoms. The fourth-order valence-electron chi connectivity index (χ4n) is 1.08. The summed E-state index contributed by atoms with van der Waals surface area (Å²) in [6, 6.07) is 3.69. The second-order valence-electron chi connectivity index (χ2n) is 3.54. The summed E-state index contributed by atoms with van der Waals surface area (Å²) in [6.45, 7) is 4.43. The van der Waals surface area contributed by atoms with Gasteiger partial charge in [0, 0.05) is 18.8 Å². The summed E-state index contributed by atoms with van der Waals surface area (Å²) in [4.78, 5) is 15.7. The maximum Gasteiger partial charge on any atom is 0.270 e. The van der Waals surface area contributed by atoms with E-state index in [0.29, 0.717) is 12.2 Å². The molecule has 0 bridgehead atoms. The molecule has 0 radical (unpaired) electrons. The first-order valence-corrected chi connectivity index (χ1v) is 5.13. The molecule has 4 nitrogen and oxygen atoms in total. The lowest BCUT2D eigenvalue weighted by molar-refractivity contribution is 0.0934. The molecule has 0 aromatic carbocycles. The van der Waals surface area contributed by atoms with Crippen LogP contribution in [0.3, 0.4) is 0 Å². The van der Waals surface area contributed by atoms with Gasteiger partial charge in [-0.3, -0.25) is 9.78 Å². The van der Waals surface area contributed by atoms with Crippen LogP contribution in [-0.2, 0) is 6.54 Å². The molecular weight excluding hydrogens is 190 g/mol. The molecule has 82 valence electrons. The minimum Gasteiger partial charge on any atom is -0.348 e. The average molecular weight is 207 g/mol. The Hall–Kier alpha value is -1.42. The van der Waals surface area contributed by atoms with E-state index in [-0.39, 0.29) is 11.9 Å². The van der Waals surface area contributed by atoms with Crippen molar-refractivity contribution in [3.63, 3.8) is 0 Å². The summed E-state index contributed by atoms with van der Waals surface area (Å²) in [5.41, 5.74) is 6.80. The molecule has 0 aliphatic carbocycles. The van der Waals surface area contributed by atoms with Gasteiger partial charge in [-0.15, -0.1) is 0 Å². The third-order valence-corrected chi connectivity index (χ3v) is 2.28. The van der Waals surface area contributed by atoms with E-state index >= 15 is 0 Å². The summed E-state index contributed by atoms with van der Waals surface area (Å²) in [5, 5.41) is 2.85. The van der Waals surface area contributed by atoms with Gasteiger partial charge in [0.05, 0.1) is 0 Å². The highest BCUT2D eigenvalue weighted by Crippen LogP contribution is 2.00. The van der Waals surface area contributed by atoms with Crippen molar-refractivity contribution < 1.29 is 4.79 Å². The number of carbonyl (C=O) groups is 1. The summed E-state index contributed by atoms with van der Waals surface area (Å²) in [7, 11) is 0. The number of aromatic nitrogens is 1. The first kappa shape index (κ1) is 11.7. The number of pyridine rings is 1. The fraction of sp³-hybridized carbons (Fsp3) is 0.455. The highest BCUT2D eigenvalue weighted by molar-refractivity contribution is 5.92. The molecule has 0 aliphatic rings. The average Bonchev–Trinajstić information content (AvgIpc) is 2.29. The topological polar surface area (TPSA) is 68.0 Å². The first-order valence-electron chi connectivity index (χ1n) is 5.13. The Bertz CT molecular complexity index is 321. The Kier molecular flexibility index (Phi) is 4.24. The minimum absolute atomic E-state index is 0.132. The van der Waals surface area contributed by atoms with Gasteiger partial charge in [0.2, 0.25) is 0 Å². The molecule has 1 aromatic heterocycles. The van der Waals surface area contributed by atoms with Crippen LogP contribution in [0.25, 0.3) is 0 Å². The zero-order chi connectivity index (χ0) is 11.3. The molecule has 0 saturated carbocycles. The maximum atomic E-state index is 11.6. The van der Waals surface area contributed by atoms with E-state index in [1.165, 1.54) is 0 Å². The first-order chi connectivity index (χ1) is 7.17. The Balaban J connectivity index is 2.66. The number of amides is 1. The minimum atomic E-state index is -0.132. The van der Waals surface area contributed by atoms with Crippen molar-refractivity contribution in [2.45, 2.75) is 32.9 Å². The molecule has 1 atom stereocenters. The lowest BCUT2D eigenvalue weighted by Gasteiger charge is -2.10. The smallest absolute Gasteiger partial charge is 0.270 e. The maximum absolute atomic E-state index is 11.6. The van der Waals surface area contributed by atoms with Gasteiger partial charge in [-0.2, -0.15) is 0 Å². The summed E-state index contributed by atoms with van der Waals surface area (Å²) >= 11 is 0. The highest BCUT2D eigenvalue weighted by Gasteiger charge is 2.08. The van der Waals surface area contributed by atoms with Gasteiger partial charge in [-0.05, 0) is 25.0 Å². The van der Waals surface area contributed by atoms with Crippen LogP contribution in [0.1, 0.15) is 36.3 Å². The van der Waals surface area contributed by atoms with Crippen molar-refractivity contribution in [2.24, 2.45) is 5.73 Å². The number of hydrogen-bond acceptors (Lipinski definition) is 3. The van der Waals surface area contributed by atoms with E-state index in [9.17, 15) is 4.79 Å². The molecule has 1 rings (SSSR count). The van der Waals surface area contributed by atoms with E-state index in [4.69, 9.17) is 5.73 Å². The number of nitrogens with one attached hydrogen (secondary N) is 1. The van der Waals surface area contributed by atoms with E-state index in [0.717, 1.165) is 12.0 Å². The molecular formula is C11H17N3O. The van der Waals surface area contributed by atoms with Crippen LogP contribution in [0.5, 0.6) is 0 Å². The predicted molar refractivity (Wildman–Crippen MR) is 59.3 cm³/mol. The Morgan fingerprint density at radius 2 is 2.33 bits per heavy atom. The Labute approximate surface area is 89.9 Å². The van der Waals surface area contributed by atoms with E-state index in [1.54, 1.807) is 12.3 Å². The van der Waals surface area contributed by atoms with Gasteiger partial charge in [-0.25, -0.2) is 0 Å². The number of carbonyl (C=O) groups excluding carboxylic acids is 1. The molecule has 0 fully saturated rings. The van der Waals surface area contributed by atoms with E-state index in [1.807, 2.05) is 19.9 Å². The molecule has 0 saturated heterocycles. The van der Waals surface area contributed by atoms with Gasteiger partial charge in [0.1, 0.15) is 5.69 Å². The number of rotatable bonds is 4. The van der Waals surface area contributed by atoms with E-state index in [2.05, 4.69) is 10.3 Å². The monoisotopic (exact) mass is 207 g/mol. The van der Waals surface area contributed by atoms with Crippen LogP contribution >= 0.6 is 0 Å². The molecule has 1 heterocycles. The second kappa shape index (κ2) is 5.46. The quantitative estimate of drug-likeness (QED) is 0.776. The van der Waals surface area contributed by atoms with Gasteiger partial charge < -0.3 is 11.1 Å². The second-order valence-corrected chi connectivity index (χ2v) is 3.54. The van der Waals surface area contributed by atoms with Gasteiger partial charge in [0.25, 0.3) is 5.91 Å². The van der Waals surface area contributed by atoms with E-state index < -0.39 is 0 Å². The van der Waals surface area contributed by atoms with Crippen LogP contribution in [-0.4, -0.2) is 16.9 Å².